The zero-order valence-electron chi connectivity index (χ0n) is 17.7. The lowest BCUT2D eigenvalue weighted by atomic mass is 10.2. The van der Waals surface area contributed by atoms with Gasteiger partial charge in [0.15, 0.2) is 23.6 Å². The summed E-state index contributed by atoms with van der Waals surface area (Å²) in [7, 11) is 0. The van der Waals surface area contributed by atoms with E-state index in [2.05, 4.69) is 15.2 Å². The Bertz CT molecular complexity index is 1400. The summed E-state index contributed by atoms with van der Waals surface area (Å²) in [6, 6.07) is 12.6. The molecule has 0 amide bonds. The number of benzene rings is 2. The second-order valence-corrected chi connectivity index (χ2v) is 8.25. The molecule has 2 aromatic carbocycles. The first-order valence-corrected chi connectivity index (χ1v) is 10.8. The number of para-hydroxylation sites is 1. The van der Waals surface area contributed by atoms with Crippen molar-refractivity contribution in [3.63, 3.8) is 0 Å². The van der Waals surface area contributed by atoms with E-state index in [0.717, 1.165) is 9.25 Å². The minimum atomic E-state index is -4.94. The molecule has 2 N–H and O–H groups in total. The minimum Gasteiger partial charge on any atom is -0.388 e. The molecule has 9 nitrogen and oxygen atoms in total. The molecule has 35 heavy (non-hydrogen) atoms. The van der Waals surface area contributed by atoms with E-state index in [0.29, 0.717) is 21.3 Å². The van der Waals surface area contributed by atoms with Crippen molar-refractivity contribution in [3.05, 3.63) is 80.7 Å². The summed E-state index contributed by atoms with van der Waals surface area (Å²) in [5.74, 6) is 0.0774. The third kappa shape index (κ3) is 5.25. The maximum Gasteiger partial charge on any atom is 0.416 e. The van der Waals surface area contributed by atoms with E-state index in [1.807, 2.05) is 0 Å². The highest BCUT2D eigenvalue weighted by molar-refractivity contribution is 6.32. The molecule has 184 valence electrons. The van der Waals surface area contributed by atoms with Crippen LogP contribution in [0.3, 0.4) is 0 Å². The molecule has 0 bridgehead atoms. The predicted molar refractivity (Wildman–Crippen MR) is 120 cm³/mol. The van der Waals surface area contributed by atoms with Crippen molar-refractivity contribution in [2.45, 2.75) is 32.0 Å². The number of hydrogen-bond donors (Lipinski definition) is 2. The predicted octanol–water partition coefficient (Wildman–Crippen LogP) is 3.06. The molecular formula is C21H17Cl2F3N6O3. The first kappa shape index (κ1) is 24.9. The van der Waals surface area contributed by atoms with Crippen LogP contribution in [0.5, 0.6) is 0 Å². The smallest absolute Gasteiger partial charge is 0.388 e. The summed E-state index contributed by atoms with van der Waals surface area (Å²) < 4.78 is 42.0. The number of rotatable bonds is 7. The van der Waals surface area contributed by atoms with Gasteiger partial charge in [0, 0.05) is 10.6 Å². The molecule has 0 aliphatic heterocycles. The average Bonchev–Trinajstić information content (AvgIpc) is 3.35. The van der Waals surface area contributed by atoms with Gasteiger partial charge in [-0.25, -0.2) is 19.1 Å². The van der Waals surface area contributed by atoms with E-state index in [4.69, 9.17) is 23.2 Å². The van der Waals surface area contributed by atoms with Crippen LogP contribution in [-0.2, 0) is 19.7 Å². The molecular weight excluding hydrogens is 512 g/mol. The lowest BCUT2D eigenvalue weighted by Crippen LogP contribution is -2.37. The molecule has 0 saturated carbocycles. The largest absolute Gasteiger partial charge is 0.416 e. The van der Waals surface area contributed by atoms with Crippen LogP contribution in [0.25, 0.3) is 17.1 Å². The zero-order chi connectivity index (χ0) is 25.3. The summed E-state index contributed by atoms with van der Waals surface area (Å²) in [6.07, 6.45) is -7.73. The lowest BCUT2D eigenvalue weighted by Gasteiger charge is -2.15. The Morgan fingerprint density at radius 2 is 1.71 bits per heavy atom. The molecule has 2 heterocycles. The normalized spacial score (nSPS) is 12.8. The van der Waals surface area contributed by atoms with Crippen molar-refractivity contribution in [2.24, 2.45) is 0 Å². The van der Waals surface area contributed by atoms with E-state index in [-0.39, 0.29) is 24.0 Å². The topological polar surface area (TPSA) is 111 Å². The summed E-state index contributed by atoms with van der Waals surface area (Å²) in [5.41, 5.74) is -0.173. The van der Waals surface area contributed by atoms with Gasteiger partial charge in [-0.1, -0.05) is 35.3 Å². The van der Waals surface area contributed by atoms with Crippen molar-refractivity contribution in [2.75, 3.05) is 0 Å². The van der Waals surface area contributed by atoms with Crippen LogP contribution in [0, 0.1) is 0 Å². The highest BCUT2D eigenvalue weighted by atomic mass is 35.5. The Balaban J connectivity index is 1.76. The van der Waals surface area contributed by atoms with E-state index in [1.165, 1.54) is 28.9 Å². The summed E-state index contributed by atoms with van der Waals surface area (Å²) in [6.45, 7) is -1.88. The summed E-state index contributed by atoms with van der Waals surface area (Å²) in [5, 5.41) is 28.4. The van der Waals surface area contributed by atoms with Gasteiger partial charge in [-0.05, 0) is 36.4 Å². The molecule has 0 radical (unpaired) electrons. The third-order valence-corrected chi connectivity index (χ3v) is 5.56. The number of halogens is 5. The number of aliphatic hydroxyl groups is 2. The lowest BCUT2D eigenvalue weighted by molar-refractivity contribution is -0.207. The average molecular weight is 529 g/mol. The minimum absolute atomic E-state index is 0.0553. The Kier molecular flexibility index (Phi) is 6.99. The molecule has 1 atom stereocenters. The molecule has 0 saturated heterocycles. The van der Waals surface area contributed by atoms with Gasteiger partial charge in [0.05, 0.1) is 17.3 Å². The quantitative estimate of drug-likeness (QED) is 0.381. The van der Waals surface area contributed by atoms with E-state index in [9.17, 15) is 28.2 Å². The highest BCUT2D eigenvalue weighted by Gasteiger charge is 2.39. The monoisotopic (exact) mass is 528 g/mol. The van der Waals surface area contributed by atoms with Gasteiger partial charge in [-0.15, -0.1) is 10.2 Å². The maximum atomic E-state index is 13.0. The van der Waals surface area contributed by atoms with Crippen LogP contribution in [-0.4, -0.2) is 51.6 Å². The Hall–Kier alpha value is -3.19. The SMILES string of the molecule is O=c1n(Cc2nc(CO)n(-c3ccccc3Cl)n2)nc(-c2ccc(Cl)cc2)n1C[C@H](O)C(F)(F)F. The second kappa shape index (κ2) is 9.82. The Morgan fingerprint density at radius 3 is 2.34 bits per heavy atom. The molecule has 0 spiro atoms. The van der Waals surface area contributed by atoms with E-state index >= 15 is 0 Å². The molecule has 0 aliphatic rings. The van der Waals surface area contributed by atoms with Gasteiger partial charge >= 0.3 is 11.9 Å². The first-order valence-electron chi connectivity index (χ1n) is 10.1. The van der Waals surface area contributed by atoms with Gasteiger partial charge in [0.1, 0.15) is 13.2 Å². The zero-order valence-corrected chi connectivity index (χ0v) is 19.2. The van der Waals surface area contributed by atoms with Crippen molar-refractivity contribution in [1.29, 1.82) is 0 Å². The number of aliphatic hydroxyl groups excluding tert-OH is 2. The Morgan fingerprint density at radius 1 is 1.03 bits per heavy atom. The maximum absolute atomic E-state index is 13.0. The fraction of sp³-hybridized carbons (Fsp3) is 0.238. The molecule has 4 rings (SSSR count). The molecule has 14 heteroatoms. The van der Waals surface area contributed by atoms with E-state index < -0.39 is 31.1 Å². The first-order chi connectivity index (χ1) is 16.6. The van der Waals surface area contributed by atoms with Gasteiger partial charge in [0.25, 0.3) is 0 Å². The fourth-order valence-corrected chi connectivity index (χ4v) is 3.65. The van der Waals surface area contributed by atoms with Crippen molar-refractivity contribution in [1.82, 2.24) is 29.1 Å². The fourth-order valence-electron chi connectivity index (χ4n) is 3.31. The third-order valence-electron chi connectivity index (χ3n) is 4.99. The molecule has 0 unspecified atom stereocenters. The standard InChI is InChI=1S/C21H17Cl2F3N6O3/c22-13-7-5-12(6-8-13)19-29-31(20(35)30(19)9-16(34)21(24,25)26)10-17-27-18(11-33)32(28-17)15-4-2-1-3-14(15)23/h1-8,16,33-34H,9-11H2/t16-/m0/s1. The Labute approximate surface area is 205 Å². The van der Waals surface area contributed by atoms with Gasteiger partial charge in [-0.3, -0.25) is 4.57 Å². The number of nitrogens with zero attached hydrogens (tertiary/aromatic N) is 6. The number of hydrogen-bond acceptors (Lipinski definition) is 6. The van der Waals surface area contributed by atoms with Crippen molar-refractivity contribution in [3.8, 4) is 17.1 Å². The van der Waals surface area contributed by atoms with Gasteiger partial charge < -0.3 is 10.2 Å². The second-order valence-electron chi connectivity index (χ2n) is 7.40. The van der Waals surface area contributed by atoms with Crippen LogP contribution in [0.15, 0.2) is 53.3 Å². The van der Waals surface area contributed by atoms with E-state index in [1.54, 1.807) is 24.3 Å². The van der Waals surface area contributed by atoms with Crippen molar-refractivity contribution >= 4 is 23.2 Å². The van der Waals surface area contributed by atoms with Crippen molar-refractivity contribution < 1.29 is 23.4 Å². The summed E-state index contributed by atoms with van der Waals surface area (Å²) >= 11 is 12.1. The van der Waals surface area contributed by atoms with Crippen LogP contribution in [0.1, 0.15) is 11.6 Å². The molecule has 2 aromatic heterocycles. The highest BCUT2D eigenvalue weighted by Crippen LogP contribution is 2.24. The molecule has 4 aromatic rings. The van der Waals surface area contributed by atoms with Gasteiger partial charge in [0.2, 0.25) is 0 Å². The molecule has 0 fully saturated rings. The molecule has 0 aliphatic carbocycles. The van der Waals surface area contributed by atoms with Crippen LogP contribution >= 0.6 is 23.2 Å². The summed E-state index contributed by atoms with van der Waals surface area (Å²) in [4.78, 5) is 17.2. The number of alkyl halides is 3. The van der Waals surface area contributed by atoms with Crippen LogP contribution in [0.2, 0.25) is 10.0 Å². The van der Waals surface area contributed by atoms with Gasteiger partial charge in [-0.2, -0.15) is 13.2 Å². The van der Waals surface area contributed by atoms with Crippen LogP contribution in [0.4, 0.5) is 13.2 Å². The van der Waals surface area contributed by atoms with Crippen LogP contribution < -0.4 is 5.69 Å². The number of aromatic nitrogens is 6.